The minimum atomic E-state index is -0.133. The van der Waals surface area contributed by atoms with E-state index in [1.54, 1.807) is 42.7 Å². The second-order valence-corrected chi connectivity index (χ2v) is 6.81. The van der Waals surface area contributed by atoms with E-state index in [9.17, 15) is 4.79 Å². The zero-order valence-electron chi connectivity index (χ0n) is 13.6. The molecule has 0 aliphatic carbocycles. The summed E-state index contributed by atoms with van der Waals surface area (Å²) in [5.74, 6) is 1.23. The van der Waals surface area contributed by atoms with Gasteiger partial charge in [-0.1, -0.05) is 17.7 Å². The first kappa shape index (κ1) is 18.1. The number of rotatable bonds is 6. The van der Waals surface area contributed by atoms with Crippen LogP contribution in [0.25, 0.3) is 11.5 Å². The van der Waals surface area contributed by atoms with E-state index < -0.39 is 0 Å². The molecule has 1 aromatic heterocycles. The summed E-state index contributed by atoms with van der Waals surface area (Å²) in [4.78, 5) is 16.4. The molecule has 3 rings (SSSR count). The number of thioether (sulfide) groups is 1. The number of nitriles is 1. The lowest BCUT2D eigenvalue weighted by Crippen LogP contribution is -2.14. The number of halogens is 1. The molecule has 1 amide bonds. The molecule has 0 saturated carbocycles. The maximum Gasteiger partial charge on any atom is 0.234 e. The highest BCUT2D eigenvalue weighted by atomic mass is 35.5. The highest BCUT2D eigenvalue weighted by Gasteiger charge is 2.08. The van der Waals surface area contributed by atoms with Gasteiger partial charge in [-0.15, -0.1) is 11.8 Å². The Balaban J connectivity index is 1.49. The summed E-state index contributed by atoms with van der Waals surface area (Å²) in [6.45, 7) is 0. The summed E-state index contributed by atoms with van der Waals surface area (Å²) in [6, 6.07) is 16.1. The van der Waals surface area contributed by atoms with Crippen LogP contribution in [-0.4, -0.2) is 16.6 Å². The molecule has 1 heterocycles. The van der Waals surface area contributed by atoms with Crippen molar-refractivity contribution in [1.29, 1.82) is 5.26 Å². The number of nitrogens with zero attached hydrogens (tertiary/aromatic N) is 2. The van der Waals surface area contributed by atoms with Crippen molar-refractivity contribution in [2.24, 2.45) is 0 Å². The predicted molar refractivity (Wildman–Crippen MR) is 103 cm³/mol. The van der Waals surface area contributed by atoms with Crippen LogP contribution < -0.4 is 5.32 Å². The van der Waals surface area contributed by atoms with Gasteiger partial charge in [0.2, 0.25) is 11.8 Å². The maximum absolute atomic E-state index is 12.0. The molecule has 0 radical (unpaired) electrons. The van der Waals surface area contributed by atoms with Crippen LogP contribution in [0.5, 0.6) is 0 Å². The van der Waals surface area contributed by atoms with Gasteiger partial charge in [0, 0.05) is 22.0 Å². The van der Waals surface area contributed by atoms with Crippen LogP contribution in [0.1, 0.15) is 11.3 Å². The fourth-order valence-corrected chi connectivity index (χ4v) is 3.04. The van der Waals surface area contributed by atoms with Gasteiger partial charge in [0.15, 0.2) is 0 Å². The van der Waals surface area contributed by atoms with Crippen LogP contribution in [-0.2, 0) is 10.5 Å². The molecule has 0 fully saturated rings. The summed E-state index contributed by atoms with van der Waals surface area (Å²) in [5.41, 5.74) is 2.73. The molecule has 0 aliphatic rings. The molecule has 0 saturated heterocycles. The predicted octanol–water partition coefficient (Wildman–Crippen LogP) is 4.74. The van der Waals surface area contributed by atoms with Crippen molar-refractivity contribution in [2.75, 3.05) is 11.1 Å². The molecule has 2 aromatic carbocycles. The number of carbonyl (C=O) groups excluding carboxylic acids is 1. The van der Waals surface area contributed by atoms with Crippen LogP contribution >= 0.6 is 23.4 Å². The fourth-order valence-electron chi connectivity index (χ4n) is 2.21. The zero-order chi connectivity index (χ0) is 18.4. The molecule has 5 nitrogen and oxygen atoms in total. The Hall–Kier alpha value is -2.75. The van der Waals surface area contributed by atoms with Gasteiger partial charge in [0.1, 0.15) is 6.26 Å². The van der Waals surface area contributed by atoms with Crippen molar-refractivity contribution >= 4 is 35.0 Å². The van der Waals surface area contributed by atoms with Crippen molar-refractivity contribution in [3.05, 3.63) is 71.1 Å². The Morgan fingerprint density at radius 2 is 2.08 bits per heavy atom. The van der Waals surface area contributed by atoms with E-state index in [4.69, 9.17) is 21.3 Å². The third-order valence-electron chi connectivity index (χ3n) is 3.40. The largest absolute Gasteiger partial charge is 0.444 e. The van der Waals surface area contributed by atoms with Crippen molar-refractivity contribution in [2.45, 2.75) is 5.75 Å². The van der Waals surface area contributed by atoms with Gasteiger partial charge < -0.3 is 9.73 Å². The Morgan fingerprint density at radius 1 is 1.27 bits per heavy atom. The number of aromatic nitrogens is 1. The maximum atomic E-state index is 12.0. The van der Waals surface area contributed by atoms with Gasteiger partial charge >= 0.3 is 0 Å². The third-order valence-corrected chi connectivity index (χ3v) is 4.62. The molecule has 0 spiro atoms. The van der Waals surface area contributed by atoms with Crippen LogP contribution in [0.15, 0.2) is 59.2 Å². The van der Waals surface area contributed by atoms with Gasteiger partial charge in [-0.25, -0.2) is 4.98 Å². The number of oxazole rings is 1. The summed E-state index contributed by atoms with van der Waals surface area (Å²) < 4.78 is 5.47. The summed E-state index contributed by atoms with van der Waals surface area (Å²) in [5, 5.41) is 12.3. The Kier molecular flexibility index (Phi) is 5.95. The molecule has 0 atom stereocenters. The lowest BCUT2D eigenvalue weighted by atomic mass is 10.2. The van der Waals surface area contributed by atoms with E-state index in [-0.39, 0.29) is 11.7 Å². The minimum Gasteiger partial charge on any atom is -0.444 e. The van der Waals surface area contributed by atoms with Crippen LogP contribution in [0.3, 0.4) is 0 Å². The Morgan fingerprint density at radius 3 is 2.85 bits per heavy atom. The molecule has 0 aliphatic heterocycles. The average molecular weight is 384 g/mol. The second-order valence-electron chi connectivity index (χ2n) is 5.38. The SMILES string of the molecule is N#Cc1cccc(NC(=O)CSCc2coc(-c3ccc(Cl)cc3)n2)c1. The third kappa shape index (κ3) is 4.88. The summed E-state index contributed by atoms with van der Waals surface area (Å²) in [6.07, 6.45) is 1.59. The summed E-state index contributed by atoms with van der Waals surface area (Å²) >= 11 is 7.30. The fraction of sp³-hybridized carbons (Fsp3) is 0.105. The molecule has 26 heavy (non-hydrogen) atoms. The van der Waals surface area contributed by atoms with E-state index in [1.165, 1.54) is 11.8 Å². The van der Waals surface area contributed by atoms with Gasteiger partial charge in [-0.3, -0.25) is 4.79 Å². The van der Waals surface area contributed by atoms with Crippen LogP contribution in [0.2, 0.25) is 5.02 Å². The highest BCUT2D eigenvalue weighted by molar-refractivity contribution is 7.99. The van der Waals surface area contributed by atoms with Crippen LogP contribution in [0.4, 0.5) is 5.69 Å². The molecular weight excluding hydrogens is 370 g/mol. The zero-order valence-corrected chi connectivity index (χ0v) is 15.2. The number of anilines is 1. The molecule has 130 valence electrons. The number of amides is 1. The van der Waals surface area contributed by atoms with Crippen molar-refractivity contribution < 1.29 is 9.21 Å². The first-order valence-corrected chi connectivity index (χ1v) is 9.25. The van der Waals surface area contributed by atoms with E-state index in [2.05, 4.69) is 10.3 Å². The number of hydrogen-bond donors (Lipinski definition) is 1. The van der Waals surface area contributed by atoms with E-state index >= 15 is 0 Å². The number of carbonyl (C=O) groups is 1. The second kappa shape index (κ2) is 8.56. The van der Waals surface area contributed by atoms with Crippen molar-refractivity contribution in [3.63, 3.8) is 0 Å². The van der Waals surface area contributed by atoms with E-state index in [1.807, 2.05) is 18.2 Å². The van der Waals surface area contributed by atoms with Gasteiger partial charge in [-0.2, -0.15) is 5.26 Å². The number of benzene rings is 2. The first-order valence-electron chi connectivity index (χ1n) is 7.72. The van der Waals surface area contributed by atoms with Gasteiger partial charge in [-0.05, 0) is 42.5 Å². The Bertz CT molecular complexity index is 948. The molecular formula is C19H14ClN3O2S. The quantitative estimate of drug-likeness (QED) is 0.665. The average Bonchev–Trinajstić information content (AvgIpc) is 3.11. The summed E-state index contributed by atoms with van der Waals surface area (Å²) in [7, 11) is 0. The smallest absolute Gasteiger partial charge is 0.234 e. The van der Waals surface area contributed by atoms with Gasteiger partial charge in [0.25, 0.3) is 0 Å². The number of hydrogen-bond acceptors (Lipinski definition) is 5. The molecule has 0 bridgehead atoms. The van der Waals surface area contributed by atoms with Crippen molar-refractivity contribution in [3.8, 4) is 17.5 Å². The molecule has 1 N–H and O–H groups in total. The topological polar surface area (TPSA) is 78.9 Å². The minimum absolute atomic E-state index is 0.133. The lowest BCUT2D eigenvalue weighted by molar-refractivity contribution is -0.113. The monoisotopic (exact) mass is 383 g/mol. The van der Waals surface area contributed by atoms with Gasteiger partial charge in [0.05, 0.1) is 23.1 Å². The Labute approximate surface area is 160 Å². The standard InChI is InChI=1S/C19H14ClN3O2S/c20-15-6-4-14(5-7-15)19-23-17(10-25-19)11-26-12-18(24)22-16-3-1-2-13(8-16)9-21/h1-8,10H,11-12H2,(H,22,24). The first-order chi connectivity index (χ1) is 12.6. The van der Waals surface area contributed by atoms with E-state index in [0.29, 0.717) is 27.9 Å². The molecule has 3 aromatic rings. The highest BCUT2D eigenvalue weighted by Crippen LogP contribution is 2.22. The lowest BCUT2D eigenvalue weighted by Gasteiger charge is -2.04. The molecule has 0 unspecified atom stereocenters. The normalized spacial score (nSPS) is 10.3. The van der Waals surface area contributed by atoms with Crippen molar-refractivity contribution in [1.82, 2.24) is 4.98 Å². The van der Waals surface area contributed by atoms with Crippen LogP contribution in [0, 0.1) is 11.3 Å². The number of nitrogens with one attached hydrogen (secondary N) is 1. The molecule has 7 heteroatoms. The van der Waals surface area contributed by atoms with E-state index in [0.717, 1.165) is 11.3 Å².